The Kier molecular flexibility index (Phi) is 6.44. The van der Waals surface area contributed by atoms with E-state index in [4.69, 9.17) is 5.11 Å². The highest BCUT2D eigenvalue weighted by Crippen LogP contribution is 2.23. The minimum Gasteiger partial charge on any atom is -0.395 e. The van der Waals surface area contributed by atoms with Crippen LogP contribution in [0.25, 0.3) is 0 Å². The Bertz CT molecular complexity index is 351. The molecule has 1 atom stereocenters. The molecule has 1 rings (SSSR count). The van der Waals surface area contributed by atoms with E-state index in [-0.39, 0.29) is 18.4 Å². The first-order valence-corrected chi connectivity index (χ1v) is 6.69. The first-order valence-electron chi connectivity index (χ1n) is 6.69. The van der Waals surface area contributed by atoms with E-state index in [1.54, 1.807) is 4.90 Å². The molecule has 0 heterocycles. The molecular weight excluding hydrogens is 226 g/mol. The molecule has 0 fully saturated rings. The molecule has 3 nitrogen and oxygen atoms in total. The number of aliphatic hydroxyl groups excluding tert-OH is 1. The van der Waals surface area contributed by atoms with Gasteiger partial charge < -0.3 is 10.0 Å². The standard InChI is InChI=1S/C15H23NO2/c1-3-8-14(13-9-6-5-7-10-13)15(18)16(4-2)11-12-17/h5-7,9-10,14,17H,3-4,8,11-12H2,1-2H3. The molecule has 0 radical (unpaired) electrons. The minimum absolute atomic E-state index is 0.0210. The quantitative estimate of drug-likeness (QED) is 0.806. The molecule has 0 bridgehead atoms. The van der Waals surface area contributed by atoms with Crippen LogP contribution in [0, 0.1) is 0 Å². The van der Waals surface area contributed by atoms with Gasteiger partial charge in [-0.3, -0.25) is 4.79 Å². The van der Waals surface area contributed by atoms with Crippen LogP contribution >= 0.6 is 0 Å². The predicted octanol–water partition coefficient (Wildman–Crippen LogP) is 2.41. The molecule has 18 heavy (non-hydrogen) atoms. The molecule has 1 aromatic rings. The van der Waals surface area contributed by atoms with E-state index in [9.17, 15) is 4.79 Å². The van der Waals surface area contributed by atoms with Gasteiger partial charge in [0.05, 0.1) is 12.5 Å². The molecule has 0 aliphatic carbocycles. The Morgan fingerprint density at radius 2 is 1.94 bits per heavy atom. The van der Waals surface area contributed by atoms with Gasteiger partial charge in [-0.05, 0) is 18.9 Å². The van der Waals surface area contributed by atoms with Gasteiger partial charge in [0.25, 0.3) is 0 Å². The number of nitrogens with zero attached hydrogens (tertiary/aromatic N) is 1. The third-order valence-corrected chi connectivity index (χ3v) is 3.14. The van der Waals surface area contributed by atoms with E-state index >= 15 is 0 Å². The fourth-order valence-corrected chi connectivity index (χ4v) is 2.17. The van der Waals surface area contributed by atoms with Crippen molar-refractivity contribution in [2.24, 2.45) is 0 Å². The highest BCUT2D eigenvalue weighted by molar-refractivity contribution is 5.83. The van der Waals surface area contributed by atoms with E-state index in [1.165, 1.54) is 0 Å². The van der Waals surface area contributed by atoms with Crippen LogP contribution in [0.4, 0.5) is 0 Å². The van der Waals surface area contributed by atoms with Gasteiger partial charge in [0, 0.05) is 13.1 Å². The van der Waals surface area contributed by atoms with Crippen molar-refractivity contribution < 1.29 is 9.90 Å². The third-order valence-electron chi connectivity index (χ3n) is 3.14. The monoisotopic (exact) mass is 249 g/mol. The summed E-state index contributed by atoms with van der Waals surface area (Å²) in [7, 11) is 0. The van der Waals surface area contributed by atoms with Gasteiger partial charge in [-0.2, -0.15) is 0 Å². The Labute approximate surface area is 109 Å². The maximum atomic E-state index is 12.5. The number of likely N-dealkylation sites (N-methyl/N-ethyl adjacent to an activating group) is 1. The lowest BCUT2D eigenvalue weighted by molar-refractivity contribution is -0.133. The second-order valence-electron chi connectivity index (χ2n) is 4.39. The zero-order valence-electron chi connectivity index (χ0n) is 11.3. The number of carbonyl (C=O) groups excluding carboxylic acids is 1. The molecule has 0 saturated carbocycles. The maximum absolute atomic E-state index is 12.5. The van der Waals surface area contributed by atoms with E-state index in [2.05, 4.69) is 6.92 Å². The van der Waals surface area contributed by atoms with Crippen LogP contribution in [0.1, 0.15) is 38.2 Å². The van der Waals surface area contributed by atoms with Crippen LogP contribution in [0.3, 0.4) is 0 Å². The van der Waals surface area contributed by atoms with Gasteiger partial charge in [0.1, 0.15) is 0 Å². The molecule has 0 aliphatic heterocycles. The topological polar surface area (TPSA) is 40.5 Å². The van der Waals surface area contributed by atoms with Crippen molar-refractivity contribution in [3.8, 4) is 0 Å². The van der Waals surface area contributed by atoms with Crippen LogP contribution in [0.15, 0.2) is 30.3 Å². The van der Waals surface area contributed by atoms with Crippen molar-refractivity contribution >= 4 is 5.91 Å². The summed E-state index contributed by atoms with van der Waals surface area (Å²) in [6.45, 7) is 5.12. The van der Waals surface area contributed by atoms with Gasteiger partial charge in [0.2, 0.25) is 5.91 Å². The Balaban J connectivity index is 2.87. The number of aliphatic hydroxyl groups is 1. The Hall–Kier alpha value is -1.35. The van der Waals surface area contributed by atoms with E-state index in [0.717, 1.165) is 18.4 Å². The average molecular weight is 249 g/mol. The summed E-state index contributed by atoms with van der Waals surface area (Å²) in [4.78, 5) is 14.2. The maximum Gasteiger partial charge on any atom is 0.230 e. The molecule has 1 aromatic carbocycles. The van der Waals surface area contributed by atoms with Crippen LogP contribution in [-0.4, -0.2) is 35.6 Å². The molecule has 1 amide bonds. The van der Waals surface area contributed by atoms with Crippen molar-refractivity contribution in [3.05, 3.63) is 35.9 Å². The lowest BCUT2D eigenvalue weighted by Crippen LogP contribution is -2.37. The number of hydrogen-bond acceptors (Lipinski definition) is 2. The molecule has 1 N–H and O–H groups in total. The van der Waals surface area contributed by atoms with Crippen molar-refractivity contribution in [3.63, 3.8) is 0 Å². The zero-order valence-corrected chi connectivity index (χ0v) is 11.3. The highest BCUT2D eigenvalue weighted by atomic mass is 16.3. The number of benzene rings is 1. The first-order chi connectivity index (χ1) is 8.74. The summed E-state index contributed by atoms with van der Waals surface area (Å²) in [6, 6.07) is 9.90. The summed E-state index contributed by atoms with van der Waals surface area (Å²) in [6.07, 6.45) is 1.83. The SMILES string of the molecule is CCCC(C(=O)N(CC)CCO)c1ccccc1. The summed E-state index contributed by atoms with van der Waals surface area (Å²) < 4.78 is 0. The summed E-state index contributed by atoms with van der Waals surface area (Å²) >= 11 is 0. The highest BCUT2D eigenvalue weighted by Gasteiger charge is 2.23. The third kappa shape index (κ3) is 3.84. The molecule has 1 unspecified atom stereocenters. The molecule has 3 heteroatoms. The van der Waals surface area contributed by atoms with Gasteiger partial charge in [-0.15, -0.1) is 0 Å². The molecular formula is C15H23NO2. The second kappa shape index (κ2) is 7.88. The van der Waals surface area contributed by atoms with Crippen LogP contribution in [-0.2, 0) is 4.79 Å². The fourth-order valence-electron chi connectivity index (χ4n) is 2.17. The van der Waals surface area contributed by atoms with Crippen molar-refractivity contribution in [1.29, 1.82) is 0 Å². The van der Waals surface area contributed by atoms with Crippen molar-refractivity contribution in [2.75, 3.05) is 19.7 Å². The lowest BCUT2D eigenvalue weighted by atomic mass is 9.93. The summed E-state index contributed by atoms with van der Waals surface area (Å²) in [5, 5.41) is 9.01. The van der Waals surface area contributed by atoms with Gasteiger partial charge in [-0.25, -0.2) is 0 Å². The number of amides is 1. The zero-order chi connectivity index (χ0) is 13.4. The normalized spacial score (nSPS) is 12.2. The number of hydrogen-bond donors (Lipinski definition) is 1. The van der Waals surface area contributed by atoms with Crippen LogP contribution in [0.5, 0.6) is 0 Å². The second-order valence-corrected chi connectivity index (χ2v) is 4.39. The molecule has 0 saturated heterocycles. The minimum atomic E-state index is -0.0808. The molecule has 0 aliphatic rings. The molecule has 0 spiro atoms. The molecule has 100 valence electrons. The molecule has 0 aromatic heterocycles. The number of rotatable bonds is 7. The van der Waals surface area contributed by atoms with Gasteiger partial charge >= 0.3 is 0 Å². The summed E-state index contributed by atoms with van der Waals surface area (Å²) in [5.74, 6) is 0.0438. The Morgan fingerprint density at radius 1 is 1.28 bits per heavy atom. The predicted molar refractivity (Wildman–Crippen MR) is 73.4 cm³/mol. The fraction of sp³-hybridized carbons (Fsp3) is 0.533. The Morgan fingerprint density at radius 3 is 2.44 bits per heavy atom. The average Bonchev–Trinajstić information content (AvgIpc) is 2.42. The van der Waals surface area contributed by atoms with Gasteiger partial charge in [0.15, 0.2) is 0 Å². The van der Waals surface area contributed by atoms with Crippen molar-refractivity contribution in [1.82, 2.24) is 4.90 Å². The summed E-state index contributed by atoms with van der Waals surface area (Å²) in [5.41, 5.74) is 1.07. The first kappa shape index (κ1) is 14.7. The lowest BCUT2D eigenvalue weighted by Gasteiger charge is -2.25. The van der Waals surface area contributed by atoms with Crippen molar-refractivity contribution in [2.45, 2.75) is 32.6 Å². The largest absolute Gasteiger partial charge is 0.395 e. The van der Waals surface area contributed by atoms with E-state index in [1.807, 2.05) is 37.3 Å². The van der Waals surface area contributed by atoms with Crippen LogP contribution < -0.4 is 0 Å². The number of carbonyl (C=O) groups is 1. The van der Waals surface area contributed by atoms with Gasteiger partial charge in [-0.1, -0.05) is 43.7 Å². The van der Waals surface area contributed by atoms with Crippen LogP contribution in [0.2, 0.25) is 0 Å². The van der Waals surface area contributed by atoms with E-state index in [0.29, 0.717) is 13.1 Å². The smallest absolute Gasteiger partial charge is 0.230 e. The van der Waals surface area contributed by atoms with E-state index < -0.39 is 0 Å².